The first-order valence-corrected chi connectivity index (χ1v) is 5.52. The van der Waals surface area contributed by atoms with Crippen LogP contribution >= 0.6 is 0 Å². The van der Waals surface area contributed by atoms with Gasteiger partial charge in [0, 0.05) is 12.5 Å². The fraction of sp³-hybridized carbons (Fsp3) is 0.0833. The highest BCUT2D eigenvalue weighted by atomic mass is 19.1. The molecule has 0 spiro atoms. The molecule has 3 N–H and O–H groups in total. The number of anilines is 1. The molecule has 0 bridgehead atoms. The summed E-state index contributed by atoms with van der Waals surface area (Å²) in [5, 5.41) is 7.32. The number of rotatable bonds is 2. The minimum atomic E-state index is -0.622. The highest BCUT2D eigenvalue weighted by Gasteiger charge is 2.12. The van der Waals surface area contributed by atoms with Crippen molar-refractivity contribution in [1.29, 1.82) is 0 Å². The quantitative estimate of drug-likeness (QED) is 0.737. The monoisotopic (exact) mass is 261 g/mol. The van der Waals surface area contributed by atoms with Crippen molar-refractivity contribution < 1.29 is 8.78 Å². The number of nitrogens with zero attached hydrogens (tertiary/aromatic N) is 3. The minimum absolute atomic E-state index is 0.267. The van der Waals surface area contributed by atoms with Crippen molar-refractivity contribution in [2.75, 3.05) is 5.73 Å². The number of benzene rings is 1. The fourth-order valence-corrected chi connectivity index (χ4v) is 1.99. The van der Waals surface area contributed by atoms with Crippen LogP contribution in [0.3, 0.4) is 0 Å². The van der Waals surface area contributed by atoms with Gasteiger partial charge in [-0.1, -0.05) is 0 Å². The van der Waals surface area contributed by atoms with Crippen molar-refractivity contribution in [3.05, 3.63) is 47.4 Å². The van der Waals surface area contributed by atoms with Gasteiger partial charge in [-0.05, 0) is 17.7 Å². The summed E-state index contributed by atoms with van der Waals surface area (Å²) in [6.07, 6.45) is 1.58. The van der Waals surface area contributed by atoms with Crippen LogP contribution in [0, 0.1) is 11.6 Å². The third-order valence-electron chi connectivity index (χ3n) is 2.76. The summed E-state index contributed by atoms with van der Waals surface area (Å²) in [6.45, 7) is 0. The smallest absolute Gasteiger partial charge is 0.186 e. The average Bonchev–Trinajstić information content (AvgIpc) is 2.72. The SMILES string of the molecule is Nc1ncnc2n[nH]c(Cc3cc(F)cc(F)c3)c12. The van der Waals surface area contributed by atoms with Crippen LogP contribution < -0.4 is 5.73 Å². The summed E-state index contributed by atoms with van der Waals surface area (Å²) in [7, 11) is 0. The van der Waals surface area contributed by atoms with Crippen LogP contribution in [0.1, 0.15) is 11.3 Å². The van der Waals surface area contributed by atoms with Gasteiger partial charge in [0.25, 0.3) is 0 Å². The number of halogens is 2. The molecule has 0 aliphatic rings. The number of nitrogen functional groups attached to an aromatic ring is 1. The number of nitrogens with one attached hydrogen (secondary N) is 1. The molecule has 7 heteroatoms. The van der Waals surface area contributed by atoms with E-state index < -0.39 is 11.6 Å². The van der Waals surface area contributed by atoms with Crippen LogP contribution in [-0.4, -0.2) is 20.2 Å². The van der Waals surface area contributed by atoms with E-state index in [9.17, 15) is 8.78 Å². The molecule has 96 valence electrons. The fourth-order valence-electron chi connectivity index (χ4n) is 1.99. The van der Waals surface area contributed by atoms with Gasteiger partial charge in [-0.25, -0.2) is 18.7 Å². The molecule has 2 heterocycles. The van der Waals surface area contributed by atoms with Gasteiger partial charge in [0.15, 0.2) is 5.65 Å². The number of nitrogens with two attached hydrogens (primary N) is 1. The first-order chi connectivity index (χ1) is 9.13. The number of H-pyrrole nitrogens is 1. The zero-order chi connectivity index (χ0) is 13.4. The van der Waals surface area contributed by atoms with Crippen molar-refractivity contribution in [3.63, 3.8) is 0 Å². The molecular weight excluding hydrogens is 252 g/mol. The number of aromatic amines is 1. The second-order valence-electron chi connectivity index (χ2n) is 4.11. The molecule has 1 aromatic carbocycles. The van der Waals surface area contributed by atoms with E-state index >= 15 is 0 Å². The zero-order valence-electron chi connectivity index (χ0n) is 9.69. The van der Waals surface area contributed by atoms with Crippen LogP contribution in [0.5, 0.6) is 0 Å². The summed E-state index contributed by atoms with van der Waals surface area (Å²) in [4.78, 5) is 7.83. The van der Waals surface area contributed by atoms with Crippen LogP contribution in [0.25, 0.3) is 11.0 Å². The van der Waals surface area contributed by atoms with Gasteiger partial charge in [-0.15, -0.1) is 0 Å². The molecule has 0 saturated carbocycles. The largest absolute Gasteiger partial charge is 0.383 e. The lowest BCUT2D eigenvalue weighted by Gasteiger charge is -2.02. The van der Waals surface area contributed by atoms with Gasteiger partial charge in [-0.2, -0.15) is 5.10 Å². The predicted octanol–water partition coefficient (Wildman–Crippen LogP) is 1.80. The highest BCUT2D eigenvalue weighted by molar-refractivity contribution is 5.87. The Hall–Kier alpha value is -2.57. The Labute approximate surface area is 106 Å². The standard InChI is InChI=1S/C12H9F2N5/c13-7-1-6(2-8(14)4-7)3-9-10-11(15)16-5-17-12(10)19-18-9/h1-2,4-5H,3H2,(H3,15,16,17,18,19). The van der Waals surface area contributed by atoms with Crippen LogP contribution in [-0.2, 0) is 6.42 Å². The first-order valence-electron chi connectivity index (χ1n) is 5.52. The second kappa shape index (κ2) is 4.27. The molecule has 3 rings (SSSR count). The molecule has 0 atom stereocenters. The lowest BCUT2D eigenvalue weighted by Crippen LogP contribution is -1.96. The third kappa shape index (κ3) is 2.10. The van der Waals surface area contributed by atoms with E-state index in [2.05, 4.69) is 20.2 Å². The Kier molecular flexibility index (Phi) is 2.59. The molecule has 0 aliphatic carbocycles. The van der Waals surface area contributed by atoms with E-state index in [1.807, 2.05) is 0 Å². The van der Waals surface area contributed by atoms with E-state index in [4.69, 9.17) is 5.73 Å². The van der Waals surface area contributed by atoms with E-state index in [-0.39, 0.29) is 12.2 Å². The number of hydrogen-bond donors (Lipinski definition) is 2. The van der Waals surface area contributed by atoms with E-state index in [1.165, 1.54) is 18.5 Å². The van der Waals surface area contributed by atoms with Crippen LogP contribution in [0.4, 0.5) is 14.6 Å². The van der Waals surface area contributed by atoms with Gasteiger partial charge < -0.3 is 5.73 Å². The molecule has 2 aromatic heterocycles. The normalized spacial score (nSPS) is 11.1. The molecule has 0 fully saturated rings. The number of fused-ring (bicyclic) bond motifs is 1. The minimum Gasteiger partial charge on any atom is -0.383 e. The molecule has 0 radical (unpaired) electrons. The maximum absolute atomic E-state index is 13.1. The maximum Gasteiger partial charge on any atom is 0.186 e. The number of hydrogen-bond acceptors (Lipinski definition) is 4. The lowest BCUT2D eigenvalue weighted by molar-refractivity contribution is 0.580. The van der Waals surface area contributed by atoms with Gasteiger partial charge >= 0.3 is 0 Å². The molecular formula is C12H9F2N5. The first kappa shape index (κ1) is 11.5. The Morgan fingerprint density at radius 3 is 2.58 bits per heavy atom. The molecule has 0 amide bonds. The van der Waals surface area contributed by atoms with E-state index in [0.29, 0.717) is 22.3 Å². The second-order valence-corrected chi connectivity index (χ2v) is 4.11. The Morgan fingerprint density at radius 2 is 1.84 bits per heavy atom. The summed E-state index contributed by atoms with van der Waals surface area (Å²) in [5.41, 5.74) is 7.29. The predicted molar refractivity (Wildman–Crippen MR) is 65.3 cm³/mol. The Balaban J connectivity index is 2.06. The molecule has 0 aliphatic heterocycles. The molecule has 0 saturated heterocycles. The lowest BCUT2D eigenvalue weighted by atomic mass is 10.1. The van der Waals surface area contributed by atoms with Crippen molar-refractivity contribution >= 4 is 16.9 Å². The third-order valence-corrected chi connectivity index (χ3v) is 2.76. The topological polar surface area (TPSA) is 80.5 Å². The number of aromatic nitrogens is 4. The Morgan fingerprint density at radius 1 is 1.11 bits per heavy atom. The average molecular weight is 261 g/mol. The zero-order valence-corrected chi connectivity index (χ0v) is 9.69. The van der Waals surface area contributed by atoms with Gasteiger partial charge in [-0.3, -0.25) is 5.10 Å². The maximum atomic E-state index is 13.1. The van der Waals surface area contributed by atoms with Crippen molar-refractivity contribution in [2.24, 2.45) is 0 Å². The van der Waals surface area contributed by atoms with E-state index in [1.54, 1.807) is 0 Å². The highest BCUT2D eigenvalue weighted by Crippen LogP contribution is 2.21. The molecule has 0 unspecified atom stereocenters. The Bertz CT molecular complexity index is 733. The van der Waals surface area contributed by atoms with Crippen LogP contribution in [0.2, 0.25) is 0 Å². The molecule has 19 heavy (non-hydrogen) atoms. The summed E-state index contributed by atoms with van der Waals surface area (Å²) < 4.78 is 26.3. The van der Waals surface area contributed by atoms with Gasteiger partial charge in [0.2, 0.25) is 0 Å². The van der Waals surface area contributed by atoms with Crippen molar-refractivity contribution in [2.45, 2.75) is 6.42 Å². The van der Waals surface area contributed by atoms with Gasteiger partial charge in [0.05, 0.1) is 11.1 Å². The van der Waals surface area contributed by atoms with Gasteiger partial charge in [0.1, 0.15) is 23.8 Å². The molecule has 5 nitrogen and oxygen atoms in total. The molecule has 3 aromatic rings. The van der Waals surface area contributed by atoms with Crippen molar-refractivity contribution in [1.82, 2.24) is 20.2 Å². The summed E-state index contributed by atoms with van der Waals surface area (Å²) >= 11 is 0. The van der Waals surface area contributed by atoms with E-state index in [0.717, 1.165) is 6.07 Å². The van der Waals surface area contributed by atoms with Crippen molar-refractivity contribution in [3.8, 4) is 0 Å². The summed E-state index contributed by atoms with van der Waals surface area (Å²) in [6, 6.07) is 3.34. The summed E-state index contributed by atoms with van der Waals surface area (Å²) in [5.74, 6) is -0.961. The van der Waals surface area contributed by atoms with Crippen LogP contribution in [0.15, 0.2) is 24.5 Å².